The number of nitrogens with one attached hydrogen (secondary N) is 1. The molecule has 7 heteroatoms. The predicted molar refractivity (Wildman–Crippen MR) is 71.9 cm³/mol. The molecule has 0 radical (unpaired) electrons. The van der Waals surface area contributed by atoms with Crippen LogP contribution in [0.15, 0.2) is 20.5 Å². The summed E-state index contributed by atoms with van der Waals surface area (Å²) in [4.78, 5) is 16.1. The summed E-state index contributed by atoms with van der Waals surface area (Å²) >= 11 is 4.53. The summed E-state index contributed by atoms with van der Waals surface area (Å²) in [7, 11) is 1.60. The lowest BCUT2D eigenvalue weighted by molar-refractivity contribution is 0.0994. The average molecular weight is 331 g/mol. The second-order valence-electron chi connectivity index (χ2n) is 3.59. The maximum Gasteiger partial charge on any atom is 0.293 e. The van der Waals surface area contributed by atoms with Gasteiger partial charge in [0.15, 0.2) is 15.6 Å². The normalized spacial score (nSPS) is 10.6. The van der Waals surface area contributed by atoms with Crippen molar-refractivity contribution in [2.24, 2.45) is 0 Å². The number of aryl methyl sites for hydroxylation is 1. The van der Waals surface area contributed by atoms with Crippen LogP contribution in [-0.2, 0) is 11.3 Å². The fourth-order valence-electron chi connectivity index (χ4n) is 1.40. The van der Waals surface area contributed by atoms with Crippen LogP contribution in [0.5, 0.6) is 0 Å². The van der Waals surface area contributed by atoms with Crippen molar-refractivity contribution >= 4 is 38.3 Å². The van der Waals surface area contributed by atoms with Crippen molar-refractivity contribution < 1.29 is 13.9 Å². The molecule has 0 bridgehead atoms. The number of nitrogens with zero attached hydrogens (tertiary/aromatic N) is 1. The van der Waals surface area contributed by atoms with Gasteiger partial charge in [-0.15, -0.1) is 11.3 Å². The number of aromatic nitrogens is 1. The summed E-state index contributed by atoms with van der Waals surface area (Å²) in [5.41, 5.74) is 1.56. The van der Waals surface area contributed by atoms with Gasteiger partial charge in [0.1, 0.15) is 0 Å². The third kappa shape index (κ3) is 2.98. The molecule has 5 nitrogen and oxygen atoms in total. The van der Waals surface area contributed by atoms with Crippen molar-refractivity contribution in [3.8, 4) is 0 Å². The van der Waals surface area contributed by atoms with Crippen molar-refractivity contribution in [3.05, 3.63) is 33.1 Å². The van der Waals surface area contributed by atoms with Gasteiger partial charge >= 0.3 is 0 Å². The molecule has 18 heavy (non-hydrogen) atoms. The molecule has 0 fully saturated rings. The Hall–Kier alpha value is -1.18. The lowest BCUT2D eigenvalue weighted by Gasteiger charge is -1.99. The van der Waals surface area contributed by atoms with Gasteiger partial charge in [-0.05, 0) is 28.9 Å². The first kappa shape index (κ1) is 13.3. The van der Waals surface area contributed by atoms with Crippen molar-refractivity contribution in [1.29, 1.82) is 0 Å². The molecule has 0 aliphatic rings. The number of ether oxygens (including phenoxy) is 1. The van der Waals surface area contributed by atoms with Crippen LogP contribution in [0, 0.1) is 6.92 Å². The van der Waals surface area contributed by atoms with Gasteiger partial charge in [-0.1, -0.05) is 0 Å². The molecule has 1 N–H and O–H groups in total. The second-order valence-corrected chi connectivity index (χ2v) is 5.23. The minimum atomic E-state index is -0.309. The highest BCUT2D eigenvalue weighted by atomic mass is 79.9. The van der Waals surface area contributed by atoms with E-state index >= 15 is 0 Å². The van der Waals surface area contributed by atoms with E-state index in [-0.39, 0.29) is 11.7 Å². The minimum Gasteiger partial charge on any atom is -0.444 e. The van der Waals surface area contributed by atoms with Gasteiger partial charge in [0.2, 0.25) is 0 Å². The number of furan rings is 1. The van der Waals surface area contributed by atoms with Crippen LogP contribution in [0.25, 0.3) is 0 Å². The number of hydrogen-bond acceptors (Lipinski definition) is 5. The molecule has 2 aromatic heterocycles. The Morgan fingerprint density at radius 1 is 1.67 bits per heavy atom. The predicted octanol–water partition coefficient (Wildman–Crippen LogP) is 3.21. The Labute approximate surface area is 116 Å². The molecular formula is C11H11BrN2O3S. The lowest BCUT2D eigenvalue weighted by Crippen LogP contribution is -2.11. The molecule has 0 aliphatic heterocycles. The molecule has 0 unspecified atom stereocenters. The third-order valence-electron chi connectivity index (χ3n) is 2.16. The maximum atomic E-state index is 11.9. The molecule has 0 aromatic carbocycles. The van der Waals surface area contributed by atoms with Crippen LogP contribution in [-0.4, -0.2) is 18.0 Å². The highest BCUT2D eigenvalue weighted by Crippen LogP contribution is 2.22. The van der Waals surface area contributed by atoms with E-state index in [0.717, 1.165) is 11.3 Å². The van der Waals surface area contributed by atoms with E-state index in [1.165, 1.54) is 11.3 Å². The van der Waals surface area contributed by atoms with Crippen LogP contribution in [0.2, 0.25) is 0 Å². The van der Waals surface area contributed by atoms with Crippen LogP contribution in [0.3, 0.4) is 0 Å². The lowest BCUT2D eigenvalue weighted by atomic mass is 10.3. The standard InChI is InChI=1S/C11H11BrN2O3S/c1-6-3-8(12)17-9(6)10(15)14-11-13-7(4-16-2)5-18-11/h3,5H,4H2,1-2H3,(H,13,14,15). The third-order valence-corrected chi connectivity index (χ3v) is 3.36. The van der Waals surface area contributed by atoms with E-state index in [9.17, 15) is 4.79 Å². The summed E-state index contributed by atoms with van der Waals surface area (Å²) in [5.74, 6) is -0.0260. The fourth-order valence-corrected chi connectivity index (χ4v) is 2.60. The number of methoxy groups -OCH3 is 1. The number of halogens is 1. The number of hydrogen-bond donors (Lipinski definition) is 1. The highest BCUT2D eigenvalue weighted by molar-refractivity contribution is 9.10. The SMILES string of the molecule is COCc1csc(NC(=O)c2oc(Br)cc2C)n1. The Morgan fingerprint density at radius 3 is 3.06 bits per heavy atom. The average Bonchev–Trinajstić information content (AvgIpc) is 2.86. The number of amides is 1. The Bertz CT molecular complexity index is 564. The van der Waals surface area contributed by atoms with E-state index in [2.05, 4.69) is 26.2 Å². The molecule has 0 saturated heterocycles. The molecule has 0 saturated carbocycles. The van der Waals surface area contributed by atoms with Gasteiger partial charge in [0.25, 0.3) is 5.91 Å². The minimum absolute atomic E-state index is 0.283. The maximum absolute atomic E-state index is 11.9. The number of thiazole rings is 1. The molecule has 0 spiro atoms. The molecule has 96 valence electrons. The van der Waals surface area contributed by atoms with E-state index < -0.39 is 0 Å². The zero-order valence-electron chi connectivity index (χ0n) is 9.82. The smallest absolute Gasteiger partial charge is 0.293 e. The summed E-state index contributed by atoms with van der Waals surface area (Å²) in [6, 6.07) is 1.74. The first-order chi connectivity index (χ1) is 8.60. The molecule has 2 heterocycles. The molecule has 1 amide bonds. The number of carbonyl (C=O) groups excluding carboxylic acids is 1. The van der Waals surface area contributed by atoms with Crippen molar-refractivity contribution in [2.75, 3.05) is 12.4 Å². The van der Waals surface area contributed by atoms with Crippen molar-refractivity contribution in [3.63, 3.8) is 0 Å². The Kier molecular flexibility index (Phi) is 4.15. The fraction of sp³-hybridized carbons (Fsp3) is 0.273. The molecular weight excluding hydrogens is 320 g/mol. The summed E-state index contributed by atoms with van der Waals surface area (Å²) < 4.78 is 10.8. The number of carbonyl (C=O) groups is 1. The largest absolute Gasteiger partial charge is 0.444 e. The van der Waals surface area contributed by atoms with Crippen LogP contribution in [0.4, 0.5) is 5.13 Å². The molecule has 2 rings (SSSR count). The Balaban J connectivity index is 2.08. The first-order valence-electron chi connectivity index (χ1n) is 5.10. The molecule has 2 aromatic rings. The molecule has 0 aliphatic carbocycles. The summed E-state index contributed by atoms with van der Waals surface area (Å²) in [6.45, 7) is 2.24. The van der Waals surface area contributed by atoms with E-state index in [1.807, 2.05) is 5.38 Å². The van der Waals surface area contributed by atoms with Gasteiger partial charge in [0, 0.05) is 18.1 Å². The van der Waals surface area contributed by atoms with Crippen LogP contribution < -0.4 is 5.32 Å². The zero-order chi connectivity index (χ0) is 13.1. The quantitative estimate of drug-likeness (QED) is 0.934. The Morgan fingerprint density at radius 2 is 2.44 bits per heavy atom. The number of anilines is 1. The molecule has 0 atom stereocenters. The van der Waals surface area contributed by atoms with Crippen LogP contribution >= 0.6 is 27.3 Å². The van der Waals surface area contributed by atoms with E-state index in [4.69, 9.17) is 9.15 Å². The highest BCUT2D eigenvalue weighted by Gasteiger charge is 2.16. The van der Waals surface area contributed by atoms with Crippen molar-refractivity contribution in [1.82, 2.24) is 4.98 Å². The summed E-state index contributed by atoms with van der Waals surface area (Å²) in [5, 5.41) is 5.05. The van der Waals surface area contributed by atoms with Gasteiger partial charge in [0.05, 0.1) is 12.3 Å². The first-order valence-corrected chi connectivity index (χ1v) is 6.78. The van der Waals surface area contributed by atoms with E-state index in [1.54, 1.807) is 20.1 Å². The van der Waals surface area contributed by atoms with Gasteiger partial charge in [-0.25, -0.2) is 4.98 Å². The second kappa shape index (κ2) is 5.64. The van der Waals surface area contributed by atoms with E-state index in [0.29, 0.717) is 16.4 Å². The van der Waals surface area contributed by atoms with Gasteiger partial charge in [-0.3, -0.25) is 10.1 Å². The topological polar surface area (TPSA) is 64.4 Å². The summed E-state index contributed by atoms with van der Waals surface area (Å²) in [6.07, 6.45) is 0. The van der Waals surface area contributed by atoms with Crippen molar-refractivity contribution in [2.45, 2.75) is 13.5 Å². The van der Waals surface area contributed by atoms with Crippen LogP contribution in [0.1, 0.15) is 21.8 Å². The van der Waals surface area contributed by atoms with Gasteiger partial charge < -0.3 is 9.15 Å². The number of rotatable bonds is 4. The zero-order valence-corrected chi connectivity index (χ0v) is 12.2. The van der Waals surface area contributed by atoms with Gasteiger partial charge in [-0.2, -0.15) is 0 Å². The monoisotopic (exact) mass is 330 g/mol.